The third kappa shape index (κ3) is 3.02. The van der Waals surface area contributed by atoms with Gasteiger partial charge in [-0.15, -0.1) is 0 Å². The van der Waals surface area contributed by atoms with Gasteiger partial charge in [-0.2, -0.15) is 8.42 Å². The zero-order chi connectivity index (χ0) is 15.8. The van der Waals surface area contributed by atoms with Gasteiger partial charge in [0.15, 0.2) is 0 Å². The van der Waals surface area contributed by atoms with Crippen LogP contribution in [-0.4, -0.2) is 25.2 Å². The second-order valence-electron chi connectivity index (χ2n) is 6.15. The molecule has 1 N–H and O–H groups in total. The maximum absolute atomic E-state index is 12.5. The Labute approximate surface area is 130 Å². The van der Waals surface area contributed by atoms with Crippen LogP contribution >= 0.6 is 0 Å². The molecule has 0 aliphatic heterocycles. The fourth-order valence-electron chi connectivity index (χ4n) is 2.97. The first-order valence-electron chi connectivity index (χ1n) is 7.53. The molecule has 2 aromatic carbocycles. The summed E-state index contributed by atoms with van der Waals surface area (Å²) in [5.41, 5.74) is -1.10. The molecule has 3 rings (SSSR count). The number of aliphatic hydroxyl groups is 1. The van der Waals surface area contributed by atoms with Crippen LogP contribution in [0.25, 0.3) is 10.8 Å². The number of fused-ring (bicyclic) bond motifs is 1. The van der Waals surface area contributed by atoms with Crippen molar-refractivity contribution in [3.63, 3.8) is 0 Å². The molecule has 5 heteroatoms. The Balaban J connectivity index is 1.91. The molecule has 22 heavy (non-hydrogen) atoms. The van der Waals surface area contributed by atoms with Crippen LogP contribution in [0, 0.1) is 0 Å². The third-order valence-electron chi connectivity index (χ3n) is 4.35. The molecule has 0 saturated heterocycles. The Morgan fingerprint density at radius 1 is 1.14 bits per heavy atom. The molecule has 1 aliphatic rings. The van der Waals surface area contributed by atoms with Crippen molar-refractivity contribution in [3.8, 4) is 0 Å². The maximum Gasteiger partial charge on any atom is 0.297 e. The van der Waals surface area contributed by atoms with Crippen LogP contribution < -0.4 is 0 Å². The predicted octanol–water partition coefficient (Wildman–Crippen LogP) is 3.24. The topological polar surface area (TPSA) is 63.6 Å². The van der Waals surface area contributed by atoms with Gasteiger partial charge in [-0.1, -0.05) is 43.2 Å². The van der Waals surface area contributed by atoms with Gasteiger partial charge in [-0.05, 0) is 42.7 Å². The molecule has 0 amide bonds. The highest BCUT2D eigenvalue weighted by molar-refractivity contribution is 7.86. The van der Waals surface area contributed by atoms with Crippen LogP contribution in [0.1, 0.15) is 32.6 Å². The minimum absolute atomic E-state index is 0.132. The van der Waals surface area contributed by atoms with Crippen molar-refractivity contribution >= 4 is 20.9 Å². The van der Waals surface area contributed by atoms with Gasteiger partial charge in [0.25, 0.3) is 10.1 Å². The van der Waals surface area contributed by atoms with Crippen LogP contribution in [0.2, 0.25) is 0 Å². The normalized spacial score (nSPS) is 26.2. The second-order valence-corrected chi connectivity index (χ2v) is 7.72. The molecule has 1 fully saturated rings. The van der Waals surface area contributed by atoms with E-state index in [1.807, 2.05) is 24.3 Å². The summed E-state index contributed by atoms with van der Waals surface area (Å²) in [6.45, 7) is 1.65. The van der Waals surface area contributed by atoms with E-state index in [0.29, 0.717) is 12.8 Å². The molecule has 0 radical (unpaired) electrons. The summed E-state index contributed by atoms with van der Waals surface area (Å²) in [5, 5.41) is 12.2. The lowest BCUT2D eigenvalue weighted by atomic mass is 9.84. The van der Waals surface area contributed by atoms with E-state index in [2.05, 4.69) is 0 Å². The molecule has 1 aliphatic carbocycles. The van der Waals surface area contributed by atoms with Gasteiger partial charge in [-0.3, -0.25) is 4.18 Å². The van der Waals surface area contributed by atoms with Crippen LogP contribution in [0.4, 0.5) is 0 Å². The summed E-state index contributed by atoms with van der Waals surface area (Å²) in [7, 11) is -3.88. The number of hydrogen-bond acceptors (Lipinski definition) is 4. The molecule has 0 aromatic heterocycles. The molecule has 1 saturated carbocycles. The molecule has 2 atom stereocenters. The first kappa shape index (κ1) is 15.5. The highest BCUT2D eigenvalue weighted by Gasteiger charge is 2.38. The lowest BCUT2D eigenvalue weighted by Crippen LogP contribution is -2.44. The molecule has 0 heterocycles. The van der Waals surface area contributed by atoms with E-state index in [9.17, 15) is 13.5 Å². The average molecular weight is 320 g/mol. The Bertz CT molecular complexity index is 780. The highest BCUT2D eigenvalue weighted by Crippen LogP contribution is 2.33. The molecule has 118 valence electrons. The van der Waals surface area contributed by atoms with E-state index < -0.39 is 21.8 Å². The minimum atomic E-state index is -3.88. The van der Waals surface area contributed by atoms with Gasteiger partial charge in [-0.25, -0.2) is 0 Å². The van der Waals surface area contributed by atoms with Gasteiger partial charge < -0.3 is 5.11 Å². The number of hydrogen-bond donors (Lipinski definition) is 1. The summed E-state index contributed by atoms with van der Waals surface area (Å²) in [5.74, 6) is 0. The average Bonchev–Trinajstić information content (AvgIpc) is 2.49. The zero-order valence-electron chi connectivity index (χ0n) is 12.5. The lowest BCUT2D eigenvalue weighted by molar-refractivity contribution is -0.0712. The van der Waals surface area contributed by atoms with Crippen molar-refractivity contribution in [1.29, 1.82) is 0 Å². The van der Waals surface area contributed by atoms with Crippen molar-refractivity contribution in [2.45, 2.75) is 49.2 Å². The fraction of sp³-hybridized carbons (Fsp3) is 0.412. The summed E-state index contributed by atoms with van der Waals surface area (Å²) < 4.78 is 30.3. The van der Waals surface area contributed by atoms with Gasteiger partial charge in [0.2, 0.25) is 0 Å². The van der Waals surface area contributed by atoms with E-state index in [4.69, 9.17) is 4.18 Å². The van der Waals surface area contributed by atoms with Crippen LogP contribution in [-0.2, 0) is 14.3 Å². The first-order chi connectivity index (χ1) is 10.4. The van der Waals surface area contributed by atoms with Gasteiger partial charge in [0.05, 0.1) is 10.5 Å². The summed E-state index contributed by atoms with van der Waals surface area (Å²) in [4.78, 5) is 0.132. The van der Waals surface area contributed by atoms with Crippen molar-refractivity contribution in [2.75, 3.05) is 0 Å². The minimum Gasteiger partial charge on any atom is -0.387 e. The van der Waals surface area contributed by atoms with E-state index >= 15 is 0 Å². The zero-order valence-corrected chi connectivity index (χ0v) is 13.3. The summed E-state index contributed by atoms with van der Waals surface area (Å²) >= 11 is 0. The Morgan fingerprint density at radius 2 is 1.86 bits per heavy atom. The Kier molecular flexibility index (Phi) is 3.97. The highest BCUT2D eigenvalue weighted by atomic mass is 32.2. The van der Waals surface area contributed by atoms with Crippen LogP contribution in [0.5, 0.6) is 0 Å². The first-order valence-corrected chi connectivity index (χ1v) is 8.94. The molecule has 2 aromatic rings. The molecule has 4 nitrogen and oxygen atoms in total. The predicted molar refractivity (Wildman–Crippen MR) is 85.1 cm³/mol. The Morgan fingerprint density at radius 3 is 2.59 bits per heavy atom. The molecular weight excluding hydrogens is 300 g/mol. The van der Waals surface area contributed by atoms with Crippen molar-refractivity contribution in [2.24, 2.45) is 0 Å². The van der Waals surface area contributed by atoms with E-state index in [-0.39, 0.29) is 4.90 Å². The van der Waals surface area contributed by atoms with Gasteiger partial charge in [0.1, 0.15) is 6.10 Å². The molecular formula is C17H20O4S. The molecule has 0 spiro atoms. The lowest BCUT2D eigenvalue weighted by Gasteiger charge is -2.36. The quantitative estimate of drug-likeness (QED) is 0.882. The van der Waals surface area contributed by atoms with Crippen LogP contribution in [0.3, 0.4) is 0 Å². The SMILES string of the molecule is C[C@]1(O)CCCC[C@H]1OS(=O)(=O)c1ccc2ccccc2c1. The van der Waals surface area contributed by atoms with E-state index in [1.165, 1.54) is 0 Å². The van der Waals surface area contributed by atoms with Gasteiger partial charge >= 0.3 is 0 Å². The standard InChI is InChI=1S/C17H20O4S/c1-17(18)11-5-4-8-16(17)21-22(19,20)15-10-9-13-6-2-3-7-14(13)12-15/h2-3,6-7,9-10,12,16,18H,4-5,8,11H2,1H3/t16-,17+/m1/s1. The van der Waals surface area contributed by atoms with E-state index in [0.717, 1.165) is 23.6 Å². The third-order valence-corrected chi connectivity index (χ3v) is 5.66. The molecule has 0 unspecified atom stereocenters. The smallest absolute Gasteiger partial charge is 0.297 e. The largest absolute Gasteiger partial charge is 0.387 e. The van der Waals surface area contributed by atoms with Gasteiger partial charge in [0, 0.05) is 0 Å². The van der Waals surface area contributed by atoms with Crippen molar-refractivity contribution in [1.82, 2.24) is 0 Å². The van der Waals surface area contributed by atoms with E-state index in [1.54, 1.807) is 25.1 Å². The second kappa shape index (κ2) is 5.65. The van der Waals surface area contributed by atoms with Crippen molar-refractivity contribution < 1.29 is 17.7 Å². The summed E-state index contributed by atoms with van der Waals surface area (Å²) in [6, 6.07) is 12.5. The number of rotatable bonds is 3. The Hall–Kier alpha value is -1.43. The monoisotopic (exact) mass is 320 g/mol. The fourth-order valence-corrected chi connectivity index (χ4v) is 4.19. The maximum atomic E-state index is 12.5. The molecule has 0 bridgehead atoms. The number of benzene rings is 2. The van der Waals surface area contributed by atoms with Crippen LogP contribution in [0.15, 0.2) is 47.4 Å². The summed E-state index contributed by atoms with van der Waals surface area (Å²) in [6.07, 6.45) is 2.19. The van der Waals surface area contributed by atoms with Crippen molar-refractivity contribution in [3.05, 3.63) is 42.5 Å².